The minimum Gasteiger partial charge on any atom is -0.497 e. The lowest BCUT2D eigenvalue weighted by molar-refractivity contribution is -0.139. The monoisotopic (exact) mass is 288 g/mol. The summed E-state index contributed by atoms with van der Waals surface area (Å²) in [7, 11) is 1.59. The third-order valence-corrected chi connectivity index (χ3v) is 2.62. The zero-order chi connectivity index (χ0) is 15.1. The minimum absolute atomic E-state index is 0.0517. The molecule has 0 fully saturated rings. The third-order valence-electron chi connectivity index (χ3n) is 2.62. The summed E-state index contributed by atoms with van der Waals surface area (Å²) in [5, 5.41) is 3.85. The zero-order valence-electron chi connectivity index (χ0n) is 11.9. The van der Waals surface area contributed by atoms with Gasteiger partial charge in [-0.15, -0.1) is 0 Å². The molecule has 0 aliphatic heterocycles. The molecule has 110 valence electrons. The Morgan fingerprint density at radius 2 is 2.29 bits per heavy atom. The Kier molecular flexibility index (Phi) is 5.09. The molecular weight excluding hydrogens is 272 g/mol. The molecule has 0 unspecified atom stereocenters. The van der Waals surface area contributed by atoms with E-state index in [0.717, 1.165) is 12.0 Å². The number of benzene rings is 1. The summed E-state index contributed by atoms with van der Waals surface area (Å²) in [6.45, 7) is 1.88. The SMILES string of the molecule is CC/C=C/C(=O)OCc1nc(-c2cccc(OC)c2)no1. The molecule has 1 aromatic heterocycles. The second-order valence-corrected chi connectivity index (χ2v) is 4.16. The van der Waals surface area contributed by atoms with Crippen LogP contribution in [0.25, 0.3) is 11.4 Å². The first-order valence-corrected chi connectivity index (χ1v) is 6.53. The smallest absolute Gasteiger partial charge is 0.330 e. The molecule has 0 radical (unpaired) electrons. The fraction of sp³-hybridized carbons (Fsp3) is 0.267. The average molecular weight is 288 g/mol. The van der Waals surface area contributed by atoms with Crippen LogP contribution in [-0.2, 0) is 16.1 Å². The number of carbonyl (C=O) groups excluding carboxylic acids is 1. The van der Waals surface area contributed by atoms with Crippen molar-refractivity contribution in [1.82, 2.24) is 10.1 Å². The molecule has 21 heavy (non-hydrogen) atoms. The summed E-state index contributed by atoms with van der Waals surface area (Å²) >= 11 is 0. The van der Waals surface area contributed by atoms with E-state index >= 15 is 0 Å². The highest BCUT2D eigenvalue weighted by atomic mass is 16.6. The maximum atomic E-state index is 11.3. The predicted octanol–water partition coefficient (Wildman–Crippen LogP) is 2.75. The molecule has 0 saturated heterocycles. The van der Waals surface area contributed by atoms with E-state index in [1.807, 2.05) is 25.1 Å². The number of aromatic nitrogens is 2. The molecule has 0 N–H and O–H groups in total. The lowest BCUT2D eigenvalue weighted by Crippen LogP contribution is -2.00. The second kappa shape index (κ2) is 7.23. The van der Waals surface area contributed by atoms with Crippen LogP contribution in [0.4, 0.5) is 0 Å². The molecule has 2 aromatic rings. The lowest BCUT2D eigenvalue weighted by Gasteiger charge is -1.99. The molecule has 0 saturated carbocycles. The molecule has 6 heteroatoms. The molecule has 0 amide bonds. The van der Waals surface area contributed by atoms with E-state index in [0.29, 0.717) is 11.6 Å². The Hall–Kier alpha value is -2.63. The standard InChI is InChI=1S/C15H16N2O4/c1-3-4-8-14(18)20-10-13-16-15(17-21-13)11-6-5-7-12(9-11)19-2/h4-9H,3,10H2,1-2H3/b8-4+. The van der Waals surface area contributed by atoms with Crippen LogP contribution in [0.1, 0.15) is 19.2 Å². The largest absolute Gasteiger partial charge is 0.497 e. The number of hydrogen-bond donors (Lipinski definition) is 0. The summed E-state index contributed by atoms with van der Waals surface area (Å²) in [6, 6.07) is 7.30. The predicted molar refractivity (Wildman–Crippen MR) is 75.5 cm³/mol. The van der Waals surface area contributed by atoms with Gasteiger partial charge in [0.25, 0.3) is 5.89 Å². The molecule has 0 aliphatic carbocycles. The van der Waals surface area contributed by atoms with Gasteiger partial charge in [0.1, 0.15) is 5.75 Å². The van der Waals surface area contributed by atoms with Crippen LogP contribution in [0.3, 0.4) is 0 Å². The number of nitrogens with zero attached hydrogens (tertiary/aromatic N) is 2. The van der Waals surface area contributed by atoms with E-state index in [9.17, 15) is 4.79 Å². The van der Waals surface area contributed by atoms with Crippen molar-refractivity contribution < 1.29 is 18.8 Å². The topological polar surface area (TPSA) is 74.5 Å². The van der Waals surface area contributed by atoms with Crippen LogP contribution in [0.5, 0.6) is 5.75 Å². The van der Waals surface area contributed by atoms with Gasteiger partial charge in [0.2, 0.25) is 5.82 Å². The normalized spacial score (nSPS) is 10.8. The van der Waals surface area contributed by atoms with Crippen molar-refractivity contribution in [3.05, 3.63) is 42.3 Å². The Balaban J connectivity index is 2.01. The Morgan fingerprint density at radius 1 is 1.43 bits per heavy atom. The molecule has 1 heterocycles. The second-order valence-electron chi connectivity index (χ2n) is 4.16. The quantitative estimate of drug-likeness (QED) is 0.601. The van der Waals surface area contributed by atoms with Crippen LogP contribution >= 0.6 is 0 Å². The first-order chi connectivity index (χ1) is 10.2. The van der Waals surface area contributed by atoms with E-state index in [4.69, 9.17) is 14.0 Å². The first-order valence-electron chi connectivity index (χ1n) is 6.53. The van der Waals surface area contributed by atoms with E-state index in [-0.39, 0.29) is 12.5 Å². The van der Waals surface area contributed by atoms with Crippen LogP contribution in [0.2, 0.25) is 0 Å². The Labute approximate surface area is 122 Å². The highest BCUT2D eigenvalue weighted by Gasteiger charge is 2.10. The molecule has 0 bridgehead atoms. The number of ether oxygens (including phenoxy) is 2. The zero-order valence-corrected chi connectivity index (χ0v) is 11.9. The van der Waals surface area contributed by atoms with Gasteiger partial charge in [-0.05, 0) is 18.6 Å². The summed E-state index contributed by atoms with van der Waals surface area (Å²) in [5.74, 6) is 0.933. The van der Waals surface area contributed by atoms with Crippen LogP contribution in [0.15, 0.2) is 40.9 Å². The van der Waals surface area contributed by atoms with E-state index < -0.39 is 5.97 Å². The first kappa shape index (κ1) is 14.8. The van der Waals surface area contributed by atoms with Crippen molar-refractivity contribution in [1.29, 1.82) is 0 Å². The van der Waals surface area contributed by atoms with Gasteiger partial charge in [-0.1, -0.05) is 30.3 Å². The molecule has 0 spiro atoms. The Bertz CT molecular complexity index is 634. The van der Waals surface area contributed by atoms with E-state index in [1.165, 1.54) is 6.08 Å². The summed E-state index contributed by atoms with van der Waals surface area (Å²) in [6.07, 6.45) is 3.87. The molecule has 0 aliphatic rings. The van der Waals surface area contributed by atoms with Crippen molar-refractivity contribution in [3.8, 4) is 17.1 Å². The minimum atomic E-state index is -0.432. The fourth-order valence-electron chi connectivity index (χ4n) is 1.59. The van der Waals surface area contributed by atoms with Gasteiger partial charge in [-0.2, -0.15) is 4.98 Å². The number of methoxy groups -OCH3 is 1. The van der Waals surface area contributed by atoms with Gasteiger partial charge >= 0.3 is 5.97 Å². The summed E-state index contributed by atoms with van der Waals surface area (Å²) in [5.41, 5.74) is 0.765. The van der Waals surface area contributed by atoms with Crippen molar-refractivity contribution in [2.24, 2.45) is 0 Å². The van der Waals surface area contributed by atoms with Crippen molar-refractivity contribution in [2.45, 2.75) is 20.0 Å². The van der Waals surface area contributed by atoms with Gasteiger partial charge in [0, 0.05) is 11.6 Å². The maximum Gasteiger partial charge on any atom is 0.330 e. The van der Waals surface area contributed by atoms with Gasteiger partial charge in [-0.25, -0.2) is 4.79 Å². The fourth-order valence-corrected chi connectivity index (χ4v) is 1.59. The number of hydrogen-bond acceptors (Lipinski definition) is 6. The number of carbonyl (C=O) groups is 1. The van der Waals surface area contributed by atoms with Crippen LogP contribution in [-0.4, -0.2) is 23.2 Å². The van der Waals surface area contributed by atoms with Crippen LogP contribution in [0, 0.1) is 0 Å². The van der Waals surface area contributed by atoms with Crippen LogP contribution < -0.4 is 4.74 Å². The average Bonchev–Trinajstić information content (AvgIpc) is 3.00. The third kappa shape index (κ3) is 4.17. The van der Waals surface area contributed by atoms with E-state index in [1.54, 1.807) is 19.3 Å². The van der Waals surface area contributed by atoms with Crippen molar-refractivity contribution in [3.63, 3.8) is 0 Å². The molecule has 2 rings (SSSR count). The van der Waals surface area contributed by atoms with Crippen molar-refractivity contribution >= 4 is 5.97 Å². The summed E-state index contributed by atoms with van der Waals surface area (Å²) in [4.78, 5) is 15.5. The molecule has 0 atom stereocenters. The van der Waals surface area contributed by atoms with Gasteiger partial charge < -0.3 is 14.0 Å². The lowest BCUT2D eigenvalue weighted by atomic mass is 10.2. The highest BCUT2D eigenvalue weighted by Crippen LogP contribution is 2.21. The number of allylic oxidation sites excluding steroid dienone is 1. The van der Waals surface area contributed by atoms with Gasteiger partial charge in [-0.3, -0.25) is 0 Å². The molecule has 6 nitrogen and oxygen atoms in total. The number of esters is 1. The summed E-state index contributed by atoms with van der Waals surface area (Å²) < 4.78 is 15.2. The Morgan fingerprint density at radius 3 is 3.05 bits per heavy atom. The highest BCUT2D eigenvalue weighted by molar-refractivity contribution is 5.81. The maximum absolute atomic E-state index is 11.3. The number of rotatable bonds is 6. The van der Waals surface area contributed by atoms with Gasteiger partial charge in [0.05, 0.1) is 7.11 Å². The van der Waals surface area contributed by atoms with Gasteiger partial charge in [0.15, 0.2) is 6.61 Å². The molecule has 1 aromatic carbocycles. The van der Waals surface area contributed by atoms with E-state index in [2.05, 4.69) is 10.1 Å². The van der Waals surface area contributed by atoms with Crippen molar-refractivity contribution in [2.75, 3.05) is 7.11 Å². The molecular formula is C15H16N2O4.